The van der Waals surface area contributed by atoms with Crippen molar-refractivity contribution in [3.8, 4) is 6.07 Å². The molecular weight excluding hydrogens is 297 g/mol. The fourth-order valence-electron chi connectivity index (χ4n) is 1.69. The molecule has 0 radical (unpaired) electrons. The Hall–Kier alpha value is -1.80. The summed E-state index contributed by atoms with van der Waals surface area (Å²) in [6.07, 6.45) is 0. The predicted molar refractivity (Wildman–Crippen MR) is 71.7 cm³/mol. The zero-order valence-electron chi connectivity index (χ0n) is 9.96. The summed E-state index contributed by atoms with van der Waals surface area (Å²) < 4.78 is 16.0. The number of nitrogens with zero attached hydrogens (tertiary/aromatic N) is 2. The first-order valence-corrected chi connectivity index (χ1v) is 6.14. The van der Waals surface area contributed by atoms with Crippen LogP contribution in [-0.2, 0) is 0 Å². The van der Waals surface area contributed by atoms with Crippen LogP contribution in [0.3, 0.4) is 0 Å². The van der Waals surface area contributed by atoms with Crippen molar-refractivity contribution in [2.45, 2.75) is 13.8 Å². The minimum Gasteiger partial charge on any atom is -0.291 e. The van der Waals surface area contributed by atoms with E-state index in [1.54, 1.807) is 16.8 Å². The summed E-state index contributed by atoms with van der Waals surface area (Å²) in [5, 5.41) is 8.81. The molecule has 1 N–H and O–H groups in total. The Balaban J connectivity index is 2.43. The number of halogens is 2. The van der Waals surface area contributed by atoms with Crippen LogP contribution < -0.4 is 5.43 Å². The second kappa shape index (κ2) is 4.83. The van der Waals surface area contributed by atoms with E-state index in [1.165, 1.54) is 0 Å². The molecule has 2 aromatic rings. The number of aromatic nitrogens is 1. The van der Waals surface area contributed by atoms with E-state index in [0.29, 0.717) is 5.69 Å². The minimum atomic E-state index is -0.471. The van der Waals surface area contributed by atoms with Crippen LogP contribution in [0.1, 0.15) is 17.0 Å². The van der Waals surface area contributed by atoms with Crippen LogP contribution in [0, 0.1) is 31.0 Å². The fourth-order valence-corrected chi connectivity index (χ4v) is 2.12. The number of nitrogens with one attached hydrogen (secondary N) is 1. The van der Waals surface area contributed by atoms with Crippen LogP contribution in [0.5, 0.6) is 0 Å². The van der Waals surface area contributed by atoms with Crippen LogP contribution in [-0.4, -0.2) is 4.68 Å². The summed E-state index contributed by atoms with van der Waals surface area (Å²) in [6, 6.07) is 8.94. The number of hydrogen-bond acceptors (Lipinski definition) is 2. The third-order valence-electron chi connectivity index (χ3n) is 2.71. The normalized spacial score (nSPS) is 10.2. The Labute approximate surface area is 113 Å². The summed E-state index contributed by atoms with van der Waals surface area (Å²) in [5.74, 6) is -0.471. The van der Waals surface area contributed by atoms with Gasteiger partial charge in [-0.15, -0.1) is 0 Å². The van der Waals surface area contributed by atoms with Crippen molar-refractivity contribution in [2.75, 3.05) is 5.43 Å². The summed E-state index contributed by atoms with van der Waals surface area (Å²) in [5.41, 5.74) is 5.54. The summed E-state index contributed by atoms with van der Waals surface area (Å²) >= 11 is 3.09. The van der Waals surface area contributed by atoms with E-state index in [1.807, 2.05) is 32.0 Å². The zero-order valence-corrected chi connectivity index (χ0v) is 11.5. The number of aryl methyl sites for hydroxylation is 2. The van der Waals surface area contributed by atoms with E-state index in [4.69, 9.17) is 5.26 Å². The monoisotopic (exact) mass is 307 g/mol. The number of hydrogen-bond donors (Lipinski definition) is 1. The topological polar surface area (TPSA) is 40.8 Å². The molecule has 0 spiro atoms. The van der Waals surface area contributed by atoms with Gasteiger partial charge in [0.2, 0.25) is 0 Å². The molecule has 0 aliphatic carbocycles. The highest BCUT2D eigenvalue weighted by atomic mass is 79.9. The van der Waals surface area contributed by atoms with Gasteiger partial charge in [-0.05, 0) is 54.0 Å². The second-order valence-corrected chi connectivity index (χ2v) is 4.76. The van der Waals surface area contributed by atoms with Crippen LogP contribution in [0.2, 0.25) is 0 Å². The van der Waals surface area contributed by atoms with Crippen LogP contribution in [0.4, 0.5) is 10.1 Å². The molecule has 1 aromatic heterocycles. The molecule has 1 heterocycles. The van der Waals surface area contributed by atoms with E-state index in [9.17, 15) is 4.39 Å². The summed E-state index contributed by atoms with van der Waals surface area (Å²) in [6.45, 7) is 3.85. The van der Waals surface area contributed by atoms with E-state index in [2.05, 4.69) is 21.4 Å². The highest BCUT2D eigenvalue weighted by Crippen LogP contribution is 2.27. The molecule has 0 amide bonds. The molecule has 5 heteroatoms. The van der Waals surface area contributed by atoms with E-state index in [-0.39, 0.29) is 10.0 Å². The van der Waals surface area contributed by atoms with E-state index < -0.39 is 5.82 Å². The number of anilines is 1. The first-order chi connectivity index (χ1) is 8.54. The first-order valence-electron chi connectivity index (χ1n) is 5.34. The zero-order chi connectivity index (χ0) is 13.3. The summed E-state index contributed by atoms with van der Waals surface area (Å²) in [7, 11) is 0. The predicted octanol–water partition coefficient (Wildman–Crippen LogP) is 3.75. The smallest absolute Gasteiger partial charge is 0.163 e. The molecule has 0 saturated carbocycles. The maximum atomic E-state index is 14.0. The van der Waals surface area contributed by atoms with Crippen LogP contribution in [0.15, 0.2) is 28.7 Å². The number of benzene rings is 1. The van der Waals surface area contributed by atoms with Gasteiger partial charge >= 0.3 is 0 Å². The van der Waals surface area contributed by atoms with Crippen molar-refractivity contribution in [2.24, 2.45) is 0 Å². The average Bonchev–Trinajstić information content (AvgIpc) is 2.67. The first kappa shape index (κ1) is 12.7. The van der Waals surface area contributed by atoms with Crippen molar-refractivity contribution in [3.05, 3.63) is 51.5 Å². The van der Waals surface area contributed by atoms with Gasteiger partial charge in [0, 0.05) is 11.4 Å². The second-order valence-electron chi connectivity index (χ2n) is 3.96. The third kappa shape index (κ3) is 2.12. The molecule has 0 fully saturated rings. The van der Waals surface area contributed by atoms with Crippen molar-refractivity contribution < 1.29 is 4.39 Å². The molecule has 0 aliphatic heterocycles. The van der Waals surface area contributed by atoms with Crippen LogP contribution in [0.25, 0.3) is 0 Å². The highest BCUT2D eigenvalue weighted by Gasteiger charge is 2.12. The molecule has 0 unspecified atom stereocenters. The highest BCUT2D eigenvalue weighted by molar-refractivity contribution is 9.10. The Morgan fingerprint density at radius 2 is 1.83 bits per heavy atom. The molecule has 0 bridgehead atoms. The molecule has 0 saturated heterocycles. The Morgan fingerprint density at radius 1 is 1.22 bits per heavy atom. The molecule has 3 nitrogen and oxygen atoms in total. The van der Waals surface area contributed by atoms with Gasteiger partial charge in [-0.2, -0.15) is 5.26 Å². The molecule has 18 heavy (non-hydrogen) atoms. The van der Waals surface area contributed by atoms with Gasteiger partial charge in [-0.3, -0.25) is 10.1 Å². The van der Waals surface area contributed by atoms with E-state index >= 15 is 0 Å². The molecule has 92 valence electrons. The van der Waals surface area contributed by atoms with Gasteiger partial charge in [-0.25, -0.2) is 4.39 Å². The Kier molecular flexibility index (Phi) is 3.39. The molecule has 1 aromatic carbocycles. The molecule has 0 aliphatic rings. The van der Waals surface area contributed by atoms with Gasteiger partial charge in [0.1, 0.15) is 6.07 Å². The lowest BCUT2D eigenvalue weighted by molar-refractivity contribution is 0.620. The molecule has 2 rings (SSSR count). The standard InChI is InChI=1S/C13H11BrFN3/c1-8-3-4-9(2)18(8)17-11-6-5-10(7-16)12(14)13(11)15/h3-6,17H,1-2H3. The molecular formula is C13H11BrFN3. The van der Waals surface area contributed by atoms with Crippen molar-refractivity contribution in [1.82, 2.24) is 4.68 Å². The maximum Gasteiger partial charge on any atom is 0.163 e. The van der Waals surface area contributed by atoms with E-state index in [0.717, 1.165) is 11.4 Å². The summed E-state index contributed by atoms with van der Waals surface area (Å²) in [4.78, 5) is 0. The largest absolute Gasteiger partial charge is 0.291 e. The van der Waals surface area contributed by atoms with Gasteiger partial charge in [-0.1, -0.05) is 0 Å². The Bertz CT molecular complexity index is 621. The average molecular weight is 308 g/mol. The van der Waals surface area contributed by atoms with Crippen molar-refractivity contribution >= 4 is 21.6 Å². The lowest BCUT2D eigenvalue weighted by Crippen LogP contribution is -2.13. The number of nitriles is 1. The van der Waals surface area contributed by atoms with Crippen molar-refractivity contribution in [1.29, 1.82) is 5.26 Å². The van der Waals surface area contributed by atoms with Gasteiger partial charge < -0.3 is 0 Å². The number of rotatable bonds is 2. The quantitative estimate of drug-likeness (QED) is 0.918. The maximum absolute atomic E-state index is 14.0. The minimum absolute atomic E-state index is 0.178. The van der Waals surface area contributed by atoms with Gasteiger partial charge in [0.25, 0.3) is 0 Å². The third-order valence-corrected chi connectivity index (χ3v) is 3.48. The SMILES string of the molecule is Cc1ccc(C)n1Nc1ccc(C#N)c(Br)c1F. The van der Waals surface area contributed by atoms with Gasteiger partial charge in [0.15, 0.2) is 5.82 Å². The lowest BCUT2D eigenvalue weighted by atomic mass is 10.2. The lowest BCUT2D eigenvalue weighted by Gasteiger charge is -2.14. The van der Waals surface area contributed by atoms with Crippen molar-refractivity contribution in [3.63, 3.8) is 0 Å². The Morgan fingerprint density at radius 3 is 2.39 bits per heavy atom. The molecule has 0 atom stereocenters. The van der Waals surface area contributed by atoms with Gasteiger partial charge in [0.05, 0.1) is 15.7 Å². The fraction of sp³-hybridized carbons (Fsp3) is 0.154. The van der Waals surface area contributed by atoms with Crippen LogP contribution >= 0.6 is 15.9 Å².